The lowest BCUT2D eigenvalue weighted by Gasteiger charge is -2.32. The second kappa shape index (κ2) is 13.6. The Morgan fingerprint density at radius 3 is 2.42 bits per heavy atom. The monoisotopic (exact) mass is 585 g/mol. The van der Waals surface area contributed by atoms with Crippen LogP contribution < -0.4 is 9.62 Å². The van der Waals surface area contributed by atoms with Gasteiger partial charge in [0.15, 0.2) is 0 Å². The molecule has 208 valence electrons. The number of carbonyl (C=O) groups excluding carboxylic acids is 2. The first kappa shape index (κ1) is 30.2. The van der Waals surface area contributed by atoms with Gasteiger partial charge in [-0.1, -0.05) is 61.2 Å². The maximum absolute atomic E-state index is 14.4. The lowest BCUT2D eigenvalue weighted by atomic mass is 10.1. The van der Waals surface area contributed by atoms with Crippen molar-refractivity contribution in [2.45, 2.75) is 70.5 Å². The quantitative estimate of drug-likeness (QED) is 0.354. The number of nitrogens with one attached hydrogen (secondary N) is 1. The van der Waals surface area contributed by atoms with Crippen molar-refractivity contribution >= 4 is 50.7 Å². The molecule has 2 aromatic rings. The minimum absolute atomic E-state index is 0.0428. The summed E-state index contributed by atoms with van der Waals surface area (Å²) in [5.74, 6) is -1.22. The van der Waals surface area contributed by atoms with Gasteiger partial charge in [-0.15, -0.1) is 0 Å². The predicted octanol–water partition coefficient (Wildman–Crippen LogP) is 5.54. The maximum Gasteiger partial charge on any atom is 0.243 e. The van der Waals surface area contributed by atoms with E-state index in [0.29, 0.717) is 22.0 Å². The maximum atomic E-state index is 14.4. The van der Waals surface area contributed by atoms with E-state index in [2.05, 4.69) is 5.32 Å². The predicted molar refractivity (Wildman–Crippen MR) is 149 cm³/mol. The molecule has 0 spiro atoms. The molecule has 2 aromatic carbocycles. The van der Waals surface area contributed by atoms with E-state index in [9.17, 15) is 22.4 Å². The van der Waals surface area contributed by atoms with Crippen LogP contribution in [0.15, 0.2) is 42.5 Å². The molecule has 0 aliphatic heterocycles. The highest BCUT2D eigenvalue weighted by molar-refractivity contribution is 7.92. The van der Waals surface area contributed by atoms with E-state index in [1.165, 1.54) is 23.1 Å². The van der Waals surface area contributed by atoms with Crippen LogP contribution in [0.4, 0.5) is 10.1 Å². The summed E-state index contributed by atoms with van der Waals surface area (Å²) in [6.07, 6.45) is 5.42. The van der Waals surface area contributed by atoms with Gasteiger partial charge in [0.25, 0.3) is 0 Å². The fraction of sp³-hybridized carbons (Fsp3) is 0.481. The van der Waals surface area contributed by atoms with Crippen molar-refractivity contribution in [3.63, 3.8) is 0 Å². The van der Waals surface area contributed by atoms with Gasteiger partial charge in [0, 0.05) is 35.6 Å². The Bertz CT molecular complexity index is 1240. The average Bonchev–Trinajstić information content (AvgIpc) is 3.36. The summed E-state index contributed by atoms with van der Waals surface area (Å²) in [5, 5.41) is 3.91. The van der Waals surface area contributed by atoms with Crippen LogP contribution >= 0.6 is 23.2 Å². The molecular weight excluding hydrogens is 552 g/mol. The third kappa shape index (κ3) is 8.07. The van der Waals surface area contributed by atoms with Crippen LogP contribution in [0.5, 0.6) is 0 Å². The van der Waals surface area contributed by atoms with Crippen LogP contribution in [-0.2, 0) is 26.2 Å². The van der Waals surface area contributed by atoms with E-state index < -0.39 is 21.9 Å². The summed E-state index contributed by atoms with van der Waals surface area (Å²) in [5.41, 5.74) is 0.565. The van der Waals surface area contributed by atoms with E-state index in [1.54, 1.807) is 24.3 Å². The van der Waals surface area contributed by atoms with Gasteiger partial charge < -0.3 is 10.2 Å². The summed E-state index contributed by atoms with van der Waals surface area (Å²) in [6.45, 7) is 1.84. The molecule has 1 aliphatic rings. The molecule has 3 rings (SSSR count). The number of benzene rings is 2. The van der Waals surface area contributed by atoms with Crippen LogP contribution in [0.25, 0.3) is 0 Å². The summed E-state index contributed by atoms with van der Waals surface area (Å²) >= 11 is 12.4. The molecule has 1 atom stereocenters. The molecule has 0 bridgehead atoms. The molecule has 0 aromatic heterocycles. The normalized spacial score (nSPS) is 14.8. The lowest BCUT2D eigenvalue weighted by Crippen LogP contribution is -2.51. The number of para-hydroxylation sites is 1. The van der Waals surface area contributed by atoms with Crippen molar-refractivity contribution < 1.29 is 22.4 Å². The van der Waals surface area contributed by atoms with Crippen LogP contribution in [-0.4, -0.2) is 50.0 Å². The Morgan fingerprint density at radius 1 is 1.13 bits per heavy atom. The van der Waals surface area contributed by atoms with Crippen molar-refractivity contribution in [2.75, 3.05) is 17.1 Å². The minimum Gasteiger partial charge on any atom is -0.352 e. The molecule has 1 N–H and O–H groups in total. The number of anilines is 1. The smallest absolute Gasteiger partial charge is 0.243 e. The molecule has 0 saturated heterocycles. The van der Waals surface area contributed by atoms with Gasteiger partial charge in [-0.25, -0.2) is 12.8 Å². The molecule has 0 heterocycles. The van der Waals surface area contributed by atoms with Crippen molar-refractivity contribution in [3.8, 4) is 0 Å². The van der Waals surface area contributed by atoms with Gasteiger partial charge in [0.05, 0.1) is 11.9 Å². The van der Waals surface area contributed by atoms with Crippen LogP contribution in [0.2, 0.25) is 10.0 Å². The van der Waals surface area contributed by atoms with Gasteiger partial charge >= 0.3 is 0 Å². The summed E-state index contributed by atoms with van der Waals surface area (Å²) in [4.78, 5) is 28.3. The Morgan fingerprint density at radius 2 is 1.82 bits per heavy atom. The van der Waals surface area contributed by atoms with E-state index in [-0.39, 0.29) is 49.5 Å². The van der Waals surface area contributed by atoms with E-state index in [1.807, 2.05) is 6.92 Å². The van der Waals surface area contributed by atoms with E-state index in [4.69, 9.17) is 23.2 Å². The van der Waals surface area contributed by atoms with Gasteiger partial charge in [0.2, 0.25) is 21.8 Å². The number of halogens is 3. The van der Waals surface area contributed by atoms with Crippen LogP contribution in [0, 0.1) is 5.82 Å². The molecule has 1 aliphatic carbocycles. The number of amides is 2. The molecule has 1 fully saturated rings. The van der Waals surface area contributed by atoms with E-state index in [0.717, 1.165) is 36.2 Å². The van der Waals surface area contributed by atoms with Crippen molar-refractivity contribution in [1.29, 1.82) is 0 Å². The van der Waals surface area contributed by atoms with Gasteiger partial charge in [-0.05, 0) is 55.5 Å². The van der Waals surface area contributed by atoms with Crippen molar-refractivity contribution in [1.82, 2.24) is 10.2 Å². The lowest BCUT2D eigenvalue weighted by molar-refractivity contribution is -0.141. The fourth-order valence-corrected chi connectivity index (χ4v) is 6.19. The van der Waals surface area contributed by atoms with Crippen molar-refractivity contribution in [2.24, 2.45) is 0 Å². The molecule has 1 unspecified atom stereocenters. The summed E-state index contributed by atoms with van der Waals surface area (Å²) < 4.78 is 40.1. The summed E-state index contributed by atoms with van der Waals surface area (Å²) in [7, 11) is -3.79. The molecule has 11 heteroatoms. The molecule has 2 amide bonds. The standard InChI is InChI=1S/C27H34Cl2FN3O4S/c1-3-24(27(35)31-21-9-4-5-10-21)32(18-19-14-15-20(28)17-22(19)29)26(34)13-8-16-33(38(2,36)37)25-12-7-6-11-23(25)30/h6-7,11-12,14-15,17,21,24H,3-5,8-10,13,16,18H2,1-2H3,(H,31,35). The Hall–Kier alpha value is -2.36. The average molecular weight is 587 g/mol. The number of rotatable bonds is 12. The number of hydrogen-bond acceptors (Lipinski definition) is 4. The zero-order valence-corrected chi connectivity index (χ0v) is 24.0. The second-order valence-corrected chi connectivity index (χ2v) is 12.3. The van der Waals surface area contributed by atoms with Crippen LogP contribution in [0.1, 0.15) is 57.4 Å². The van der Waals surface area contributed by atoms with Gasteiger partial charge in [-0.3, -0.25) is 13.9 Å². The number of hydrogen-bond donors (Lipinski definition) is 1. The first-order valence-corrected chi connectivity index (χ1v) is 15.4. The first-order chi connectivity index (χ1) is 18.0. The fourth-order valence-electron chi connectivity index (χ4n) is 4.76. The largest absolute Gasteiger partial charge is 0.352 e. The number of nitrogens with zero attached hydrogens (tertiary/aromatic N) is 2. The highest BCUT2D eigenvalue weighted by Crippen LogP contribution is 2.26. The number of carbonyl (C=O) groups is 2. The van der Waals surface area contributed by atoms with Gasteiger partial charge in [0.1, 0.15) is 11.9 Å². The molecule has 38 heavy (non-hydrogen) atoms. The van der Waals surface area contributed by atoms with E-state index >= 15 is 0 Å². The van der Waals surface area contributed by atoms with Crippen LogP contribution in [0.3, 0.4) is 0 Å². The highest BCUT2D eigenvalue weighted by Gasteiger charge is 2.31. The van der Waals surface area contributed by atoms with Crippen molar-refractivity contribution in [3.05, 3.63) is 63.9 Å². The zero-order chi connectivity index (χ0) is 27.9. The third-order valence-corrected chi connectivity index (χ3v) is 8.48. The Labute approximate surface area is 234 Å². The topological polar surface area (TPSA) is 86.8 Å². The molecule has 1 saturated carbocycles. The van der Waals surface area contributed by atoms with Gasteiger partial charge in [-0.2, -0.15) is 0 Å². The molecule has 7 nitrogen and oxygen atoms in total. The SMILES string of the molecule is CCC(C(=O)NC1CCCC1)N(Cc1ccc(Cl)cc1Cl)C(=O)CCCN(c1ccccc1F)S(C)(=O)=O. The number of sulfonamides is 1. The highest BCUT2D eigenvalue weighted by atomic mass is 35.5. The first-order valence-electron chi connectivity index (χ1n) is 12.8. The Kier molecular flexibility index (Phi) is 10.8. The third-order valence-electron chi connectivity index (χ3n) is 6.72. The molecule has 0 radical (unpaired) electrons. The Balaban J connectivity index is 1.79. The second-order valence-electron chi connectivity index (χ2n) is 9.56. The summed E-state index contributed by atoms with van der Waals surface area (Å²) in [6, 6.07) is 9.93. The minimum atomic E-state index is -3.79. The zero-order valence-electron chi connectivity index (χ0n) is 21.6. The molecular formula is C27H34Cl2FN3O4S.